The zero-order chi connectivity index (χ0) is 26.1. The number of hydrogen-bond donors (Lipinski definition) is 2. The maximum absolute atomic E-state index is 5.47. The van der Waals surface area contributed by atoms with Crippen molar-refractivity contribution in [3.8, 4) is 0 Å². The summed E-state index contributed by atoms with van der Waals surface area (Å²) in [7, 11) is 5.39. The van der Waals surface area contributed by atoms with Crippen LogP contribution < -0.4 is 10.6 Å². The molecule has 0 unspecified atom stereocenters. The Hall–Kier alpha value is 0.114. The van der Waals surface area contributed by atoms with E-state index in [4.69, 9.17) is 26.6 Å². The summed E-state index contributed by atoms with van der Waals surface area (Å²) in [5, 5.41) is 7.18. The van der Waals surface area contributed by atoms with Gasteiger partial charge in [0, 0.05) is 54.7 Å². The highest BCUT2D eigenvalue weighted by Crippen LogP contribution is 2.18. The minimum Gasteiger partial charge on any atom is -0.377 e. The number of nitrogens with one attached hydrogen (secondary N) is 2. The Balaban J connectivity index is 3.29. The molecule has 0 atom stereocenters. The first-order chi connectivity index (χ1) is 17.1. The smallest absolute Gasteiger partial charge is 0.377 e. The Morgan fingerprint density at radius 1 is 0.343 bits per heavy atom. The van der Waals surface area contributed by atoms with Crippen molar-refractivity contribution in [2.45, 2.75) is 95.6 Å². The standard InChI is InChI=1S/C25H58N2O6Si2/c1-28-34(29-2,30-3)24-18-11-7-9-14-20-26-22-16-13-17-23-27-21-15-10-8-12-19-25-35(31-4,32-5)33-6/h26-27H,7-25H2,1-6H3. The molecule has 212 valence electrons. The third-order valence-corrected chi connectivity index (χ3v) is 12.4. The molecule has 0 radical (unpaired) electrons. The summed E-state index contributed by atoms with van der Waals surface area (Å²) in [6, 6.07) is 1.82. The zero-order valence-electron chi connectivity index (χ0n) is 23.9. The summed E-state index contributed by atoms with van der Waals surface area (Å²) in [4.78, 5) is 0. The van der Waals surface area contributed by atoms with E-state index in [1.54, 1.807) is 42.7 Å². The van der Waals surface area contributed by atoms with Crippen LogP contribution in [-0.4, -0.2) is 86.4 Å². The Labute approximate surface area is 219 Å². The lowest BCUT2D eigenvalue weighted by atomic mass is 10.1. The molecule has 0 saturated carbocycles. The summed E-state index contributed by atoms with van der Waals surface area (Å²) in [6.45, 7) is 4.56. The van der Waals surface area contributed by atoms with Gasteiger partial charge in [-0.15, -0.1) is 0 Å². The van der Waals surface area contributed by atoms with Crippen LogP contribution in [0.5, 0.6) is 0 Å². The minimum atomic E-state index is -2.37. The molecule has 8 nitrogen and oxygen atoms in total. The van der Waals surface area contributed by atoms with Gasteiger partial charge in [-0.25, -0.2) is 0 Å². The van der Waals surface area contributed by atoms with Crippen molar-refractivity contribution in [2.75, 3.05) is 68.8 Å². The first-order valence-corrected chi connectivity index (χ1v) is 17.7. The predicted octanol–water partition coefficient (Wildman–Crippen LogP) is 4.99. The van der Waals surface area contributed by atoms with Gasteiger partial charge >= 0.3 is 17.6 Å². The summed E-state index contributed by atoms with van der Waals surface area (Å²) >= 11 is 0. The maximum Gasteiger partial charge on any atom is 0.500 e. The van der Waals surface area contributed by atoms with Gasteiger partial charge in [-0.1, -0.05) is 44.9 Å². The summed E-state index contributed by atoms with van der Waals surface area (Å²) in [6.07, 6.45) is 16.1. The van der Waals surface area contributed by atoms with Gasteiger partial charge in [0.2, 0.25) is 0 Å². The molecule has 0 aliphatic heterocycles. The normalized spacial score (nSPS) is 12.5. The second kappa shape index (κ2) is 24.5. The lowest BCUT2D eigenvalue weighted by Gasteiger charge is -2.24. The molecule has 0 aromatic rings. The second-order valence-electron chi connectivity index (χ2n) is 9.19. The Bertz CT molecular complexity index is 390. The molecule has 0 aromatic carbocycles. The van der Waals surface area contributed by atoms with Gasteiger partial charge in [-0.3, -0.25) is 0 Å². The molecule has 0 fully saturated rings. The average molecular weight is 539 g/mol. The van der Waals surface area contributed by atoms with Crippen LogP contribution in [0.2, 0.25) is 12.1 Å². The average Bonchev–Trinajstić information content (AvgIpc) is 2.90. The van der Waals surface area contributed by atoms with Crippen LogP contribution in [0.1, 0.15) is 83.5 Å². The molecule has 0 amide bonds. The first-order valence-electron chi connectivity index (χ1n) is 13.8. The van der Waals surface area contributed by atoms with Crippen LogP contribution in [-0.2, 0) is 26.6 Å². The van der Waals surface area contributed by atoms with Crippen molar-refractivity contribution in [1.29, 1.82) is 0 Å². The van der Waals surface area contributed by atoms with E-state index < -0.39 is 17.6 Å². The summed E-state index contributed by atoms with van der Waals surface area (Å²) in [5.74, 6) is 0. The van der Waals surface area contributed by atoms with Crippen LogP contribution >= 0.6 is 0 Å². The number of rotatable bonds is 28. The van der Waals surface area contributed by atoms with Gasteiger partial charge in [0.25, 0.3) is 0 Å². The fraction of sp³-hybridized carbons (Fsp3) is 1.00. The Kier molecular flexibility index (Phi) is 24.5. The SMILES string of the molecule is CO[Si](CCCCCCCNCCCCCNCCCCCCC[Si](OC)(OC)OC)(OC)OC. The Morgan fingerprint density at radius 2 is 0.571 bits per heavy atom. The third-order valence-electron chi connectivity index (χ3n) is 6.75. The second-order valence-corrected chi connectivity index (χ2v) is 15.4. The van der Waals surface area contributed by atoms with E-state index in [0.717, 1.165) is 51.1 Å². The summed E-state index contributed by atoms with van der Waals surface area (Å²) in [5.41, 5.74) is 0. The van der Waals surface area contributed by atoms with Crippen LogP contribution in [0.4, 0.5) is 0 Å². The van der Waals surface area contributed by atoms with Gasteiger partial charge in [0.1, 0.15) is 0 Å². The molecule has 2 N–H and O–H groups in total. The largest absolute Gasteiger partial charge is 0.500 e. The van der Waals surface area contributed by atoms with Crippen LogP contribution in [0.25, 0.3) is 0 Å². The van der Waals surface area contributed by atoms with E-state index in [0.29, 0.717) is 0 Å². The predicted molar refractivity (Wildman–Crippen MR) is 149 cm³/mol. The third kappa shape index (κ3) is 18.1. The molecule has 0 aromatic heterocycles. The number of hydrogen-bond acceptors (Lipinski definition) is 8. The minimum absolute atomic E-state index is 0.908. The van der Waals surface area contributed by atoms with E-state index in [-0.39, 0.29) is 0 Å². The van der Waals surface area contributed by atoms with Gasteiger partial charge in [0.15, 0.2) is 0 Å². The van der Waals surface area contributed by atoms with Crippen molar-refractivity contribution in [3.05, 3.63) is 0 Å². The van der Waals surface area contributed by atoms with Crippen molar-refractivity contribution < 1.29 is 26.6 Å². The van der Waals surface area contributed by atoms with Crippen LogP contribution in [0.15, 0.2) is 0 Å². The molecule has 0 spiro atoms. The molecule has 0 saturated heterocycles. The van der Waals surface area contributed by atoms with Gasteiger partial charge in [-0.2, -0.15) is 0 Å². The molecule has 35 heavy (non-hydrogen) atoms. The van der Waals surface area contributed by atoms with Crippen molar-refractivity contribution in [1.82, 2.24) is 10.6 Å². The van der Waals surface area contributed by atoms with Crippen molar-refractivity contribution in [2.24, 2.45) is 0 Å². The molecular formula is C25H58N2O6Si2. The lowest BCUT2D eigenvalue weighted by molar-refractivity contribution is 0.122. The summed E-state index contributed by atoms with van der Waals surface area (Å²) < 4.78 is 32.8. The first kappa shape index (κ1) is 35.1. The number of unbranched alkanes of at least 4 members (excludes halogenated alkanes) is 10. The molecule has 10 heteroatoms. The fourth-order valence-electron chi connectivity index (χ4n) is 4.28. The van der Waals surface area contributed by atoms with E-state index >= 15 is 0 Å². The molecule has 0 aliphatic carbocycles. The molecule has 0 rings (SSSR count). The highest BCUT2D eigenvalue weighted by molar-refractivity contribution is 6.60. The molecule has 0 bridgehead atoms. The van der Waals surface area contributed by atoms with Crippen molar-refractivity contribution in [3.63, 3.8) is 0 Å². The van der Waals surface area contributed by atoms with Gasteiger partial charge < -0.3 is 37.2 Å². The van der Waals surface area contributed by atoms with Crippen LogP contribution in [0.3, 0.4) is 0 Å². The monoisotopic (exact) mass is 538 g/mol. The Morgan fingerprint density at radius 3 is 0.857 bits per heavy atom. The van der Waals surface area contributed by atoms with Gasteiger partial charge in [0.05, 0.1) is 0 Å². The maximum atomic E-state index is 5.47. The van der Waals surface area contributed by atoms with Gasteiger partial charge in [-0.05, 0) is 64.7 Å². The van der Waals surface area contributed by atoms with Crippen LogP contribution in [0, 0.1) is 0 Å². The highest BCUT2D eigenvalue weighted by Gasteiger charge is 2.37. The van der Waals surface area contributed by atoms with E-state index in [9.17, 15) is 0 Å². The fourth-order valence-corrected chi connectivity index (χ4v) is 7.87. The topological polar surface area (TPSA) is 79.4 Å². The van der Waals surface area contributed by atoms with E-state index in [1.165, 1.54) is 70.6 Å². The highest BCUT2D eigenvalue weighted by atomic mass is 28.4. The van der Waals surface area contributed by atoms with E-state index in [1.807, 2.05) is 0 Å². The molecule has 0 aliphatic rings. The molecular weight excluding hydrogens is 480 g/mol. The quantitative estimate of drug-likeness (QED) is 0.107. The lowest BCUT2D eigenvalue weighted by Crippen LogP contribution is -2.42. The molecule has 0 heterocycles. The zero-order valence-corrected chi connectivity index (χ0v) is 25.9. The van der Waals surface area contributed by atoms with Crippen molar-refractivity contribution >= 4 is 17.6 Å². The van der Waals surface area contributed by atoms with E-state index in [2.05, 4.69) is 10.6 Å².